The topological polar surface area (TPSA) is 12.0 Å². The van der Waals surface area contributed by atoms with Crippen LogP contribution in [0.1, 0.15) is 57.7 Å². The normalized spacial score (nSPS) is 13.7. The zero-order chi connectivity index (χ0) is 12.9. The average molecular weight is 233 g/mol. The van der Waals surface area contributed by atoms with Gasteiger partial charge in [0, 0.05) is 6.04 Å². The fraction of sp³-hybridized carbons (Fsp3) is 0.625. The van der Waals surface area contributed by atoms with Crippen molar-refractivity contribution in [2.45, 2.75) is 53.0 Å². The van der Waals surface area contributed by atoms with Crippen molar-refractivity contribution in [2.75, 3.05) is 7.05 Å². The molecule has 1 nitrogen and oxygen atoms in total. The second kappa shape index (κ2) is 6.20. The van der Waals surface area contributed by atoms with Crippen molar-refractivity contribution < 1.29 is 0 Å². The van der Waals surface area contributed by atoms with E-state index in [0.717, 1.165) is 6.42 Å². The Bertz CT molecular complexity index is 318. The van der Waals surface area contributed by atoms with Crippen LogP contribution in [0.25, 0.3) is 0 Å². The average Bonchev–Trinajstić information content (AvgIpc) is 2.26. The highest BCUT2D eigenvalue weighted by Crippen LogP contribution is 2.29. The Labute approximate surface area is 107 Å². The van der Waals surface area contributed by atoms with Crippen LogP contribution in [0.4, 0.5) is 0 Å². The molecule has 0 amide bonds. The van der Waals surface area contributed by atoms with Crippen molar-refractivity contribution in [3.63, 3.8) is 0 Å². The Morgan fingerprint density at radius 3 is 2.12 bits per heavy atom. The summed E-state index contributed by atoms with van der Waals surface area (Å²) in [6, 6.07) is 9.55. The van der Waals surface area contributed by atoms with Crippen LogP contribution in [0, 0.1) is 5.41 Å². The van der Waals surface area contributed by atoms with Crippen molar-refractivity contribution in [1.29, 1.82) is 0 Å². The fourth-order valence-corrected chi connectivity index (χ4v) is 2.20. The van der Waals surface area contributed by atoms with Gasteiger partial charge in [-0.15, -0.1) is 0 Å². The Morgan fingerprint density at radius 1 is 1.12 bits per heavy atom. The van der Waals surface area contributed by atoms with Gasteiger partial charge in [-0.1, -0.05) is 58.4 Å². The summed E-state index contributed by atoms with van der Waals surface area (Å²) < 4.78 is 0. The van der Waals surface area contributed by atoms with Gasteiger partial charge in [-0.25, -0.2) is 0 Å². The van der Waals surface area contributed by atoms with E-state index in [-0.39, 0.29) is 0 Å². The van der Waals surface area contributed by atoms with Gasteiger partial charge in [0.25, 0.3) is 0 Å². The summed E-state index contributed by atoms with van der Waals surface area (Å²) >= 11 is 0. The SMILES string of the molecule is CCCc1ccc(C(CC(C)(C)C)NC)cc1. The Hall–Kier alpha value is -0.820. The van der Waals surface area contributed by atoms with Crippen molar-refractivity contribution in [2.24, 2.45) is 5.41 Å². The standard InChI is InChI=1S/C16H27N/c1-6-7-13-8-10-14(11-9-13)15(17-5)12-16(2,3)4/h8-11,15,17H,6-7,12H2,1-5H3. The van der Waals surface area contributed by atoms with E-state index in [2.05, 4.69) is 64.3 Å². The molecule has 1 unspecified atom stereocenters. The van der Waals surface area contributed by atoms with E-state index in [4.69, 9.17) is 0 Å². The van der Waals surface area contributed by atoms with Gasteiger partial charge >= 0.3 is 0 Å². The maximum atomic E-state index is 3.43. The number of nitrogens with one attached hydrogen (secondary N) is 1. The molecule has 1 aromatic carbocycles. The Kier molecular flexibility index (Phi) is 5.20. The van der Waals surface area contributed by atoms with E-state index in [0.29, 0.717) is 11.5 Å². The maximum absolute atomic E-state index is 3.43. The minimum Gasteiger partial charge on any atom is -0.313 e. The highest BCUT2D eigenvalue weighted by atomic mass is 14.9. The van der Waals surface area contributed by atoms with Crippen LogP contribution >= 0.6 is 0 Å². The number of rotatable bonds is 5. The van der Waals surface area contributed by atoms with Crippen LogP contribution in [0.15, 0.2) is 24.3 Å². The predicted octanol–water partition coefficient (Wildman–Crippen LogP) is 4.34. The van der Waals surface area contributed by atoms with Gasteiger partial charge in [-0.05, 0) is 36.4 Å². The molecule has 17 heavy (non-hydrogen) atoms. The summed E-state index contributed by atoms with van der Waals surface area (Å²) in [5.41, 5.74) is 3.21. The highest BCUT2D eigenvalue weighted by molar-refractivity contribution is 5.25. The molecule has 0 bridgehead atoms. The molecule has 0 saturated heterocycles. The molecule has 0 spiro atoms. The van der Waals surface area contributed by atoms with Crippen molar-refractivity contribution >= 4 is 0 Å². The summed E-state index contributed by atoms with van der Waals surface area (Å²) in [7, 11) is 2.05. The molecule has 0 radical (unpaired) electrons. The molecule has 1 rings (SSSR count). The molecular formula is C16H27N. The summed E-state index contributed by atoms with van der Waals surface area (Å²) in [4.78, 5) is 0. The molecule has 0 saturated carbocycles. The van der Waals surface area contributed by atoms with E-state index in [1.165, 1.54) is 24.0 Å². The molecule has 0 heterocycles. The first-order valence-corrected chi connectivity index (χ1v) is 6.72. The highest BCUT2D eigenvalue weighted by Gasteiger charge is 2.18. The minimum atomic E-state index is 0.357. The summed E-state index contributed by atoms with van der Waals surface area (Å²) in [6.45, 7) is 9.11. The zero-order valence-electron chi connectivity index (χ0n) is 12.0. The summed E-state index contributed by atoms with van der Waals surface area (Å²) in [5, 5.41) is 3.43. The van der Waals surface area contributed by atoms with E-state index >= 15 is 0 Å². The quantitative estimate of drug-likeness (QED) is 0.798. The van der Waals surface area contributed by atoms with E-state index in [1.807, 2.05) is 0 Å². The van der Waals surface area contributed by atoms with Gasteiger partial charge in [0.1, 0.15) is 0 Å². The third-order valence-corrected chi connectivity index (χ3v) is 3.09. The van der Waals surface area contributed by atoms with Crippen LogP contribution in [-0.4, -0.2) is 7.05 Å². The molecule has 0 fully saturated rings. The molecule has 1 atom stereocenters. The number of aryl methyl sites for hydroxylation is 1. The second-order valence-corrected chi connectivity index (χ2v) is 6.10. The first kappa shape index (κ1) is 14.2. The largest absolute Gasteiger partial charge is 0.313 e. The fourth-order valence-electron chi connectivity index (χ4n) is 2.20. The molecule has 0 aliphatic heterocycles. The van der Waals surface area contributed by atoms with Gasteiger partial charge < -0.3 is 5.32 Å². The molecule has 0 aromatic heterocycles. The third-order valence-electron chi connectivity index (χ3n) is 3.09. The molecule has 96 valence electrons. The molecule has 1 heteroatoms. The second-order valence-electron chi connectivity index (χ2n) is 6.10. The van der Waals surface area contributed by atoms with Gasteiger partial charge in [0.2, 0.25) is 0 Å². The number of benzene rings is 1. The molecular weight excluding hydrogens is 206 g/mol. The first-order chi connectivity index (χ1) is 7.96. The van der Waals surface area contributed by atoms with Crippen LogP contribution < -0.4 is 5.32 Å². The monoisotopic (exact) mass is 233 g/mol. The van der Waals surface area contributed by atoms with Crippen LogP contribution in [-0.2, 0) is 6.42 Å². The molecule has 1 aromatic rings. The summed E-state index contributed by atoms with van der Waals surface area (Å²) in [6.07, 6.45) is 3.57. The Balaban J connectivity index is 2.75. The van der Waals surface area contributed by atoms with E-state index in [9.17, 15) is 0 Å². The van der Waals surface area contributed by atoms with Gasteiger partial charge in [0.15, 0.2) is 0 Å². The van der Waals surface area contributed by atoms with Crippen molar-refractivity contribution in [3.05, 3.63) is 35.4 Å². The molecule has 0 aliphatic carbocycles. The minimum absolute atomic E-state index is 0.357. The predicted molar refractivity (Wildman–Crippen MR) is 76.3 cm³/mol. The lowest BCUT2D eigenvalue weighted by atomic mass is 9.85. The van der Waals surface area contributed by atoms with Crippen molar-refractivity contribution in [3.8, 4) is 0 Å². The lowest BCUT2D eigenvalue weighted by Crippen LogP contribution is -2.22. The van der Waals surface area contributed by atoms with Crippen molar-refractivity contribution in [1.82, 2.24) is 5.32 Å². The third kappa shape index (κ3) is 4.91. The molecule has 0 aliphatic rings. The smallest absolute Gasteiger partial charge is 0.0322 e. The lowest BCUT2D eigenvalue weighted by molar-refractivity contribution is 0.321. The maximum Gasteiger partial charge on any atom is 0.0322 e. The Morgan fingerprint density at radius 2 is 1.71 bits per heavy atom. The lowest BCUT2D eigenvalue weighted by Gasteiger charge is -2.26. The van der Waals surface area contributed by atoms with Crippen LogP contribution in [0.3, 0.4) is 0 Å². The number of hydrogen-bond acceptors (Lipinski definition) is 1. The van der Waals surface area contributed by atoms with E-state index in [1.54, 1.807) is 0 Å². The van der Waals surface area contributed by atoms with Crippen LogP contribution in [0.5, 0.6) is 0 Å². The van der Waals surface area contributed by atoms with Gasteiger partial charge in [-0.2, -0.15) is 0 Å². The van der Waals surface area contributed by atoms with Gasteiger partial charge in [-0.3, -0.25) is 0 Å². The zero-order valence-corrected chi connectivity index (χ0v) is 12.0. The van der Waals surface area contributed by atoms with Gasteiger partial charge in [0.05, 0.1) is 0 Å². The molecule has 1 N–H and O–H groups in total. The number of hydrogen-bond donors (Lipinski definition) is 1. The van der Waals surface area contributed by atoms with E-state index < -0.39 is 0 Å². The van der Waals surface area contributed by atoms with Crippen LogP contribution in [0.2, 0.25) is 0 Å². The first-order valence-electron chi connectivity index (χ1n) is 6.72. The summed E-state index contributed by atoms with van der Waals surface area (Å²) in [5.74, 6) is 0.